The smallest absolute Gasteiger partial charge is 0.270 e. The van der Waals surface area contributed by atoms with E-state index in [-0.39, 0.29) is 10.7 Å². The van der Waals surface area contributed by atoms with E-state index in [2.05, 4.69) is 9.88 Å². The van der Waals surface area contributed by atoms with Crippen LogP contribution >= 0.6 is 12.2 Å². The van der Waals surface area contributed by atoms with Gasteiger partial charge in [0.2, 0.25) is 0 Å². The van der Waals surface area contributed by atoms with Crippen LogP contribution in [0.4, 0.5) is 5.69 Å². The average molecular weight is 464 g/mol. The number of carbonyl (C=O) groups is 2. The molecule has 0 atom stereocenters. The quantitative estimate of drug-likeness (QED) is 0.254. The molecule has 1 aromatic heterocycles. The molecule has 2 amide bonds. The van der Waals surface area contributed by atoms with Crippen molar-refractivity contribution in [3.63, 3.8) is 0 Å². The van der Waals surface area contributed by atoms with Crippen molar-refractivity contribution in [3.8, 4) is 16.9 Å². The number of para-hydroxylation sites is 2. The summed E-state index contributed by atoms with van der Waals surface area (Å²) in [4.78, 5) is 27.7. The van der Waals surface area contributed by atoms with Crippen molar-refractivity contribution in [3.05, 3.63) is 114 Å². The van der Waals surface area contributed by atoms with Crippen molar-refractivity contribution in [2.24, 2.45) is 0 Å². The summed E-state index contributed by atoms with van der Waals surface area (Å²) in [5, 5.41) is 2.73. The maximum absolute atomic E-state index is 13.5. The molecule has 1 aliphatic rings. The van der Waals surface area contributed by atoms with Gasteiger partial charge in [-0.2, -0.15) is 0 Å². The van der Waals surface area contributed by atoms with Gasteiger partial charge in [0, 0.05) is 16.9 Å². The summed E-state index contributed by atoms with van der Waals surface area (Å²) in [5.74, 6) is -0.963. The molecule has 0 unspecified atom stereocenters. The summed E-state index contributed by atoms with van der Waals surface area (Å²) in [7, 11) is 0. The molecular weight excluding hydrogens is 442 g/mol. The molecule has 5 rings (SSSR count). The highest BCUT2D eigenvalue weighted by Gasteiger charge is 2.34. The normalized spacial score (nSPS) is 15.0. The number of nitrogens with one attached hydrogen (secondary N) is 1. The Morgan fingerprint density at radius 2 is 1.35 bits per heavy atom. The van der Waals surface area contributed by atoms with E-state index in [1.807, 2.05) is 91.9 Å². The largest absolute Gasteiger partial charge is 0.313 e. The molecule has 1 fully saturated rings. The molecule has 34 heavy (non-hydrogen) atoms. The van der Waals surface area contributed by atoms with Crippen LogP contribution in [0.2, 0.25) is 0 Å². The lowest BCUT2D eigenvalue weighted by Crippen LogP contribution is -2.54. The maximum atomic E-state index is 13.5. The molecule has 1 N–H and O–H groups in total. The molecule has 4 aromatic rings. The zero-order valence-electron chi connectivity index (χ0n) is 18.4. The van der Waals surface area contributed by atoms with Crippen LogP contribution in [0, 0.1) is 6.92 Å². The number of rotatable bonds is 4. The predicted molar refractivity (Wildman–Crippen MR) is 139 cm³/mol. The zero-order chi connectivity index (χ0) is 23.7. The van der Waals surface area contributed by atoms with Crippen LogP contribution in [-0.2, 0) is 9.59 Å². The van der Waals surface area contributed by atoms with Crippen LogP contribution in [0.1, 0.15) is 11.3 Å². The van der Waals surface area contributed by atoms with E-state index in [0.29, 0.717) is 5.69 Å². The third kappa shape index (κ3) is 3.84. The summed E-state index contributed by atoms with van der Waals surface area (Å²) in [5.41, 5.74) is 5.25. The molecule has 6 heteroatoms. The van der Waals surface area contributed by atoms with Crippen molar-refractivity contribution in [2.75, 3.05) is 4.90 Å². The third-order valence-corrected chi connectivity index (χ3v) is 5.98. The van der Waals surface area contributed by atoms with Gasteiger partial charge in [-0.25, -0.2) is 0 Å². The van der Waals surface area contributed by atoms with Crippen LogP contribution in [0.15, 0.2) is 103 Å². The van der Waals surface area contributed by atoms with Crippen molar-refractivity contribution >= 4 is 40.9 Å². The molecule has 0 aliphatic carbocycles. The standard InChI is InChI=1S/C28H21N3O2S/c1-19-17-21(25(20-11-5-2-6-12-20)30(19)22-13-7-3-8-14-22)18-24-26(32)29-28(34)31(27(24)33)23-15-9-4-10-16-23/h2-18H,1H3,(H,29,32,34)/b24-18+. The molecule has 0 radical (unpaired) electrons. The van der Waals surface area contributed by atoms with Crippen LogP contribution in [0.3, 0.4) is 0 Å². The Morgan fingerprint density at radius 1 is 0.794 bits per heavy atom. The van der Waals surface area contributed by atoms with Crippen LogP contribution < -0.4 is 10.2 Å². The van der Waals surface area contributed by atoms with Gasteiger partial charge in [0.1, 0.15) is 5.57 Å². The lowest BCUT2D eigenvalue weighted by molar-refractivity contribution is -0.122. The van der Waals surface area contributed by atoms with Gasteiger partial charge >= 0.3 is 0 Å². The maximum Gasteiger partial charge on any atom is 0.270 e. The number of hydrogen-bond acceptors (Lipinski definition) is 3. The van der Waals surface area contributed by atoms with Crippen molar-refractivity contribution in [1.29, 1.82) is 0 Å². The van der Waals surface area contributed by atoms with Crippen LogP contribution in [0.5, 0.6) is 0 Å². The van der Waals surface area contributed by atoms with Gasteiger partial charge in [-0.05, 0) is 61.1 Å². The molecule has 5 nitrogen and oxygen atoms in total. The zero-order valence-corrected chi connectivity index (χ0v) is 19.3. The minimum Gasteiger partial charge on any atom is -0.313 e. The molecule has 3 aromatic carbocycles. The Morgan fingerprint density at radius 3 is 1.97 bits per heavy atom. The van der Waals surface area contributed by atoms with Crippen molar-refractivity contribution in [1.82, 2.24) is 9.88 Å². The van der Waals surface area contributed by atoms with Crippen LogP contribution in [0.25, 0.3) is 23.0 Å². The lowest BCUT2D eigenvalue weighted by Gasteiger charge is -2.28. The fraction of sp³-hybridized carbons (Fsp3) is 0.0357. The van der Waals surface area contributed by atoms with Crippen molar-refractivity contribution < 1.29 is 9.59 Å². The lowest BCUT2D eigenvalue weighted by atomic mass is 10.0. The highest BCUT2D eigenvalue weighted by atomic mass is 32.1. The number of aromatic nitrogens is 1. The van der Waals surface area contributed by atoms with Gasteiger partial charge in [0.05, 0.1) is 11.4 Å². The minimum atomic E-state index is -0.508. The van der Waals surface area contributed by atoms with Gasteiger partial charge < -0.3 is 4.57 Å². The Balaban J connectivity index is 1.68. The number of carbonyl (C=O) groups excluding carboxylic acids is 2. The predicted octanol–water partition coefficient (Wildman–Crippen LogP) is 5.28. The second kappa shape index (κ2) is 8.92. The highest BCUT2D eigenvalue weighted by Crippen LogP contribution is 2.33. The molecule has 1 aliphatic heterocycles. The SMILES string of the molecule is Cc1cc(/C=C2\C(=O)NC(=S)N(c3ccccc3)C2=O)c(-c2ccccc2)n1-c1ccccc1. The second-order valence-corrected chi connectivity index (χ2v) is 8.31. The van der Waals surface area contributed by atoms with E-state index >= 15 is 0 Å². The fourth-order valence-electron chi connectivity index (χ4n) is 4.20. The first-order valence-electron chi connectivity index (χ1n) is 10.8. The van der Waals surface area contributed by atoms with Gasteiger partial charge in [0.15, 0.2) is 5.11 Å². The molecule has 166 valence electrons. The van der Waals surface area contributed by atoms with Crippen LogP contribution in [-0.4, -0.2) is 21.5 Å². The van der Waals surface area contributed by atoms with Gasteiger partial charge in [-0.1, -0.05) is 66.7 Å². The molecule has 2 heterocycles. The molecular formula is C28H21N3O2S. The van der Waals surface area contributed by atoms with E-state index in [0.717, 1.165) is 28.2 Å². The number of hydrogen-bond donors (Lipinski definition) is 1. The number of aryl methyl sites for hydroxylation is 1. The molecule has 0 saturated carbocycles. The number of thiocarbonyl (C=S) groups is 1. The first-order valence-corrected chi connectivity index (χ1v) is 11.2. The number of benzene rings is 3. The summed E-state index contributed by atoms with van der Waals surface area (Å²) in [6.45, 7) is 2.01. The number of anilines is 1. The number of amides is 2. The van der Waals surface area contributed by atoms with E-state index in [1.54, 1.807) is 18.2 Å². The first-order chi connectivity index (χ1) is 16.5. The van der Waals surface area contributed by atoms with Crippen molar-refractivity contribution in [2.45, 2.75) is 6.92 Å². The summed E-state index contributed by atoms with van der Waals surface area (Å²) in [6, 6.07) is 31.0. The Hall–Kier alpha value is -4.29. The van der Waals surface area contributed by atoms with E-state index in [1.165, 1.54) is 4.90 Å². The topological polar surface area (TPSA) is 54.3 Å². The highest BCUT2D eigenvalue weighted by molar-refractivity contribution is 7.80. The van der Waals surface area contributed by atoms with Gasteiger partial charge in [-0.15, -0.1) is 0 Å². The average Bonchev–Trinajstić information content (AvgIpc) is 3.19. The summed E-state index contributed by atoms with van der Waals surface area (Å²) >= 11 is 5.31. The summed E-state index contributed by atoms with van der Waals surface area (Å²) < 4.78 is 2.13. The molecule has 0 bridgehead atoms. The fourth-order valence-corrected chi connectivity index (χ4v) is 4.48. The Bertz CT molecular complexity index is 1420. The number of nitrogens with zero attached hydrogens (tertiary/aromatic N) is 2. The second-order valence-electron chi connectivity index (χ2n) is 7.92. The first kappa shape index (κ1) is 21.6. The Kier molecular flexibility index (Phi) is 5.65. The minimum absolute atomic E-state index is 0.0276. The van der Waals surface area contributed by atoms with Gasteiger partial charge in [0.25, 0.3) is 11.8 Å². The van der Waals surface area contributed by atoms with E-state index < -0.39 is 11.8 Å². The van der Waals surface area contributed by atoms with Gasteiger partial charge in [-0.3, -0.25) is 19.8 Å². The molecule has 1 saturated heterocycles. The summed E-state index contributed by atoms with van der Waals surface area (Å²) in [6.07, 6.45) is 1.66. The molecule has 0 spiro atoms. The van der Waals surface area contributed by atoms with E-state index in [9.17, 15) is 9.59 Å². The Labute approximate surface area is 203 Å². The third-order valence-electron chi connectivity index (χ3n) is 5.69. The monoisotopic (exact) mass is 463 g/mol. The van der Waals surface area contributed by atoms with E-state index in [4.69, 9.17) is 12.2 Å².